The van der Waals surface area contributed by atoms with Gasteiger partial charge in [0.05, 0.1) is 12.1 Å². The van der Waals surface area contributed by atoms with Gasteiger partial charge in [0.15, 0.2) is 0 Å². The zero-order valence-corrected chi connectivity index (χ0v) is 18.6. The van der Waals surface area contributed by atoms with Crippen LogP contribution in [0.25, 0.3) is 27.7 Å². The van der Waals surface area contributed by atoms with E-state index in [0.717, 1.165) is 27.7 Å². The fourth-order valence-corrected chi connectivity index (χ4v) is 4.07. The number of aromatic amines is 1. The molecule has 2 N–H and O–H groups in total. The maximum Gasteiger partial charge on any atom is 0.276 e. The average molecular weight is 440 g/mol. The van der Waals surface area contributed by atoms with E-state index in [9.17, 15) is 9.59 Å². The van der Waals surface area contributed by atoms with Gasteiger partial charge in [-0.15, -0.1) is 0 Å². The highest BCUT2D eigenvalue weighted by atomic mass is 16.1. The molecule has 5 aromatic rings. The minimum atomic E-state index is -0.133. The second kappa shape index (κ2) is 8.43. The van der Waals surface area contributed by atoms with E-state index in [0.29, 0.717) is 25.0 Å². The lowest BCUT2D eigenvalue weighted by molar-refractivity contribution is -0.120. The zero-order valence-electron chi connectivity index (χ0n) is 18.6. The third kappa shape index (κ3) is 4.05. The number of carbonyl (C=O) groups is 1. The molecule has 2 aromatic carbocycles. The van der Waals surface area contributed by atoms with Crippen LogP contribution in [-0.4, -0.2) is 31.6 Å². The molecule has 166 valence electrons. The number of para-hydroxylation sites is 1. The number of nitrogens with zero attached hydrogens (tertiary/aromatic N) is 3. The van der Waals surface area contributed by atoms with Crippen LogP contribution < -0.4 is 10.9 Å². The first-order chi connectivity index (χ1) is 16.0. The molecule has 0 aliphatic rings. The summed E-state index contributed by atoms with van der Waals surface area (Å²) in [5.41, 5.74) is 6.50. The van der Waals surface area contributed by atoms with Crippen molar-refractivity contribution in [2.24, 2.45) is 0 Å². The van der Waals surface area contributed by atoms with Crippen molar-refractivity contribution in [2.75, 3.05) is 6.54 Å². The smallest absolute Gasteiger partial charge is 0.276 e. The summed E-state index contributed by atoms with van der Waals surface area (Å²) in [5.74, 6) is -0.0738. The van der Waals surface area contributed by atoms with Crippen molar-refractivity contribution in [3.63, 3.8) is 0 Å². The van der Waals surface area contributed by atoms with Gasteiger partial charge in [-0.2, -0.15) is 5.10 Å². The summed E-state index contributed by atoms with van der Waals surface area (Å²) < 4.78 is 3.21. The number of carbonyl (C=O) groups excluding carboxylic acids is 1. The predicted molar refractivity (Wildman–Crippen MR) is 129 cm³/mol. The van der Waals surface area contributed by atoms with Crippen molar-refractivity contribution in [1.29, 1.82) is 0 Å². The summed E-state index contributed by atoms with van der Waals surface area (Å²) in [6.07, 6.45) is 5.64. The quantitative estimate of drug-likeness (QED) is 0.424. The Bertz CT molecular complexity index is 1540. The van der Waals surface area contributed by atoms with Gasteiger partial charge in [-0.3, -0.25) is 9.59 Å². The van der Waals surface area contributed by atoms with E-state index < -0.39 is 0 Å². The molecule has 0 spiro atoms. The van der Waals surface area contributed by atoms with Gasteiger partial charge in [0.25, 0.3) is 5.56 Å². The lowest BCUT2D eigenvalue weighted by Crippen LogP contribution is -2.32. The number of fused-ring (bicyclic) bond motifs is 2. The fraction of sp³-hybridized carbons (Fsp3) is 0.192. The molecule has 7 heteroatoms. The number of aryl methyl sites for hydroxylation is 2. The molecule has 0 fully saturated rings. The molecule has 0 radical (unpaired) electrons. The average Bonchev–Trinajstić information content (AvgIpc) is 3.42. The molecule has 0 unspecified atom stereocenters. The van der Waals surface area contributed by atoms with Gasteiger partial charge >= 0.3 is 0 Å². The molecule has 33 heavy (non-hydrogen) atoms. The normalized spacial score (nSPS) is 11.3. The first-order valence-electron chi connectivity index (χ1n) is 11.0. The highest BCUT2D eigenvalue weighted by Gasteiger charge is 2.11. The number of aromatic nitrogens is 4. The SMILES string of the molecule is Cc1ccc(-c2cc3c(=O)n(CCNC(=O)Cc4c[nH]c5ccccc45)ccn3n2)cc1C. The highest BCUT2D eigenvalue weighted by Crippen LogP contribution is 2.21. The summed E-state index contributed by atoms with van der Waals surface area (Å²) in [5, 5.41) is 8.53. The number of H-pyrrole nitrogens is 1. The van der Waals surface area contributed by atoms with E-state index in [-0.39, 0.29) is 11.5 Å². The molecule has 0 atom stereocenters. The molecule has 3 aromatic heterocycles. The Hall–Kier alpha value is -4.13. The van der Waals surface area contributed by atoms with Gasteiger partial charge in [-0.05, 0) is 48.7 Å². The standard InChI is InChI=1S/C26H25N5O2/c1-17-7-8-19(13-18(17)2)23-15-24-26(33)30(11-12-31(24)29-23)10-9-27-25(32)14-20-16-28-22-6-4-3-5-21(20)22/h3-8,11-13,15-16,28H,9-10,14H2,1-2H3,(H,27,32). The Balaban J connectivity index is 1.27. The summed E-state index contributed by atoms with van der Waals surface area (Å²) >= 11 is 0. The Morgan fingerprint density at radius 3 is 2.76 bits per heavy atom. The van der Waals surface area contributed by atoms with Gasteiger partial charge in [0.1, 0.15) is 5.52 Å². The molecular weight excluding hydrogens is 414 g/mol. The monoisotopic (exact) mass is 439 g/mol. The number of amides is 1. The van der Waals surface area contributed by atoms with Crippen LogP contribution in [0.3, 0.4) is 0 Å². The van der Waals surface area contributed by atoms with Crippen LogP contribution in [0.15, 0.2) is 71.9 Å². The van der Waals surface area contributed by atoms with Gasteiger partial charge in [-0.25, -0.2) is 4.52 Å². The molecular formula is C26H25N5O2. The Morgan fingerprint density at radius 1 is 1.06 bits per heavy atom. The predicted octanol–water partition coefficient (Wildman–Crippen LogP) is 3.62. The van der Waals surface area contributed by atoms with Crippen molar-refractivity contribution < 1.29 is 4.79 Å². The van der Waals surface area contributed by atoms with Crippen LogP contribution in [0.4, 0.5) is 0 Å². The van der Waals surface area contributed by atoms with Crippen LogP contribution in [-0.2, 0) is 17.8 Å². The molecule has 7 nitrogen and oxygen atoms in total. The highest BCUT2D eigenvalue weighted by molar-refractivity contribution is 5.88. The first kappa shape index (κ1) is 20.8. The lowest BCUT2D eigenvalue weighted by atomic mass is 10.0. The van der Waals surface area contributed by atoms with Gasteiger partial charge in [0, 0.05) is 48.1 Å². The second-order valence-electron chi connectivity index (χ2n) is 8.34. The van der Waals surface area contributed by atoms with Gasteiger partial charge in [-0.1, -0.05) is 30.3 Å². The lowest BCUT2D eigenvalue weighted by Gasteiger charge is -2.08. The van der Waals surface area contributed by atoms with E-state index in [1.165, 1.54) is 11.1 Å². The number of nitrogens with one attached hydrogen (secondary N) is 2. The Labute approximate surface area is 190 Å². The van der Waals surface area contributed by atoms with Gasteiger partial charge < -0.3 is 14.9 Å². The topological polar surface area (TPSA) is 84.2 Å². The van der Waals surface area contributed by atoms with Crippen LogP contribution in [0.1, 0.15) is 16.7 Å². The minimum Gasteiger partial charge on any atom is -0.361 e. The van der Waals surface area contributed by atoms with Crippen LogP contribution >= 0.6 is 0 Å². The number of benzene rings is 2. The van der Waals surface area contributed by atoms with E-state index in [1.807, 2.05) is 42.6 Å². The third-order valence-electron chi connectivity index (χ3n) is 6.11. The molecule has 0 aliphatic carbocycles. The molecule has 5 rings (SSSR count). The van der Waals surface area contributed by atoms with Crippen molar-refractivity contribution in [1.82, 2.24) is 24.5 Å². The minimum absolute atomic E-state index is 0.0738. The van der Waals surface area contributed by atoms with Crippen molar-refractivity contribution >= 4 is 22.3 Å². The first-order valence-corrected chi connectivity index (χ1v) is 11.0. The number of hydrogen-bond donors (Lipinski definition) is 2. The summed E-state index contributed by atoms with van der Waals surface area (Å²) in [6.45, 7) is 4.89. The largest absolute Gasteiger partial charge is 0.361 e. The maximum atomic E-state index is 13.0. The Morgan fingerprint density at radius 2 is 1.91 bits per heavy atom. The van der Waals surface area contributed by atoms with Crippen LogP contribution in [0, 0.1) is 13.8 Å². The molecule has 0 saturated carbocycles. The van der Waals surface area contributed by atoms with Crippen molar-refractivity contribution in [2.45, 2.75) is 26.8 Å². The number of hydrogen-bond acceptors (Lipinski definition) is 3. The van der Waals surface area contributed by atoms with E-state index in [2.05, 4.69) is 41.4 Å². The molecule has 3 heterocycles. The van der Waals surface area contributed by atoms with Gasteiger partial charge in [0.2, 0.25) is 5.91 Å². The van der Waals surface area contributed by atoms with E-state index >= 15 is 0 Å². The van der Waals surface area contributed by atoms with E-state index in [4.69, 9.17) is 0 Å². The maximum absolute atomic E-state index is 13.0. The molecule has 0 saturated heterocycles. The third-order valence-corrected chi connectivity index (χ3v) is 6.11. The summed E-state index contributed by atoms with van der Waals surface area (Å²) in [7, 11) is 0. The van der Waals surface area contributed by atoms with E-state index in [1.54, 1.807) is 21.5 Å². The Kier molecular flexibility index (Phi) is 5.30. The fourth-order valence-electron chi connectivity index (χ4n) is 4.07. The van der Waals surface area contributed by atoms with Crippen molar-refractivity contribution in [3.8, 4) is 11.3 Å². The van der Waals surface area contributed by atoms with Crippen LogP contribution in [0.5, 0.6) is 0 Å². The summed E-state index contributed by atoms with van der Waals surface area (Å²) in [6, 6.07) is 15.9. The second-order valence-corrected chi connectivity index (χ2v) is 8.34. The number of rotatable bonds is 6. The molecule has 0 aliphatic heterocycles. The van der Waals surface area contributed by atoms with Crippen molar-refractivity contribution in [3.05, 3.63) is 94.2 Å². The zero-order chi connectivity index (χ0) is 22.9. The summed E-state index contributed by atoms with van der Waals surface area (Å²) in [4.78, 5) is 28.6. The molecule has 1 amide bonds. The van der Waals surface area contributed by atoms with Crippen LogP contribution in [0.2, 0.25) is 0 Å². The molecule has 0 bridgehead atoms.